The van der Waals surface area contributed by atoms with E-state index >= 15 is 0 Å². The normalized spacial score (nSPS) is 11.4. The molecule has 0 bridgehead atoms. The standard InChI is InChI=1S/C12H14ClF3N2O/c13-9-5-3-4-8(12(14,15)16)11(9)18-10(19)6-1-2-7-17/h3-5H,1-2,6-7,17H2,(H,18,19). The number of nitrogens with one attached hydrogen (secondary N) is 1. The lowest BCUT2D eigenvalue weighted by atomic mass is 10.1. The number of hydrogen-bond donors (Lipinski definition) is 2. The minimum atomic E-state index is -4.56. The molecule has 0 heterocycles. The Morgan fingerprint density at radius 2 is 2.00 bits per heavy atom. The zero-order chi connectivity index (χ0) is 14.5. The molecule has 0 aromatic heterocycles. The molecule has 19 heavy (non-hydrogen) atoms. The molecule has 0 aliphatic carbocycles. The third-order valence-corrected chi connectivity index (χ3v) is 2.76. The summed E-state index contributed by atoms with van der Waals surface area (Å²) in [6.45, 7) is 0.438. The fourth-order valence-electron chi connectivity index (χ4n) is 1.52. The summed E-state index contributed by atoms with van der Waals surface area (Å²) in [5.41, 5.74) is 3.93. The molecule has 0 aliphatic rings. The van der Waals surface area contributed by atoms with E-state index < -0.39 is 23.3 Å². The van der Waals surface area contributed by atoms with Crippen LogP contribution in [0.5, 0.6) is 0 Å². The Hall–Kier alpha value is -1.27. The lowest BCUT2D eigenvalue weighted by molar-refractivity contribution is -0.137. The minimum Gasteiger partial charge on any atom is -0.330 e. The lowest BCUT2D eigenvalue weighted by Crippen LogP contribution is -2.17. The number of benzene rings is 1. The summed E-state index contributed by atoms with van der Waals surface area (Å²) >= 11 is 5.71. The van der Waals surface area contributed by atoms with E-state index in [9.17, 15) is 18.0 Å². The molecule has 7 heteroatoms. The van der Waals surface area contributed by atoms with Gasteiger partial charge in [-0.2, -0.15) is 13.2 Å². The molecule has 0 saturated carbocycles. The average Bonchev–Trinajstić information content (AvgIpc) is 2.30. The number of nitrogens with two attached hydrogens (primary N) is 1. The summed E-state index contributed by atoms with van der Waals surface area (Å²) in [6.07, 6.45) is -3.29. The molecule has 0 spiro atoms. The van der Waals surface area contributed by atoms with Crippen molar-refractivity contribution in [2.75, 3.05) is 11.9 Å². The summed E-state index contributed by atoms with van der Waals surface area (Å²) in [6, 6.07) is 3.36. The number of carbonyl (C=O) groups excluding carboxylic acids is 1. The van der Waals surface area contributed by atoms with Crippen LogP contribution in [0.2, 0.25) is 5.02 Å². The van der Waals surface area contributed by atoms with Gasteiger partial charge in [-0.05, 0) is 31.5 Å². The first-order valence-corrected chi connectivity index (χ1v) is 6.09. The third kappa shape index (κ3) is 4.72. The molecule has 3 nitrogen and oxygen atoms in total. The Bertz CT molecular complexity index is 449. The second-order valence-corrected chi connectivity index (χ2v) is 4.36. The second-order valence-electron chi connectivity index (χ2n) is 3.95. The van der Waals surface area contributed by atoms with Crippen LogP contribution >= 0.6 is 11.6 Å². The van der Waals surface area contributed by atoms with Crippen LogP contribution in [0.25, 0.3) is 0 Å². The molecule has 0 aliphatic heterocycles. The quantitative estimate of drug-likeness (QED) is 0.818. The number of unbranched alkanes of at least 4 members (excludes halogenated alkanes) is 1. The van der Waals surface area contributed by atoms with Crippen molar-refractivity contribution in [3.63, 3.8) is 0 Å². The molecule has 3 N–H and O–H groups in total. The van der Waals surface area contributed by atoms with Gasteiger partial charge in [0.15, 0.2) is 0 Å². The van der Waals surface area contributed by atoms with Gasteiger partial charge in [-0.15, -0.1) is 0 Å². The molecule has 0 saturated heterocycles. The van der Waals surface area contributed by atoms with E-state index in [4.69, 9.17) is 17.3 Å². The monoisotopic (exact) mass is 294 g/mol. The van der Waals surface area contributed by atoms with Crippen LogP contribution in [-0.2, 0) is 11.0 Å². The molecular weight excluding hydrogens is 281 g/mol. The Morgan fingerprint density at radius 1 is 1.32 bits per heavy atom. The van der Waals surface area contributed by atoms with Gasteiger partial charge in [0.2, 0.25) is 5.91 Å². The van der Waals surface area contributed by atoms with Crippen molar-refractivity contribution in [2.45, 2.75) is 25.4 Å². The smallest absolute Gasteiger partial charge is 0.330 e. The van der Waals surface area contributed by atoms with Crippen molar-refractivity contribution in [3.05, 3.63) is 28.8 Å². The summed E-state index contributed by atoms with van der Waals surface area (Å²) < 4.78 is 38.3. The van der Waals surface area contributed by atoms with Gasteiger partial charge in [0, 0.05) is 6.42 Å². The third-order valence-electron chi connectivity index (χ3n) is 2.44. The highest BCUT2D eigenvalue weighted by Gasteiger charge is 2.34. The van der Waals surface area contributed by atoms with Crippen LogP contribution in [0, 0.1) is 0 Å². The van der Waals surface area contributed by atoms with Crippen molar-refractivity contribution in [2.24, 2.45) is 5.73 Å². The van der Waals surface area contributed by atoms with Gasteiger partial charge in [-0.3, -0.25) is 4.79 Å². The molecular formula is C12H14ClF3N2O. The van der Waals surface area contributed by atoms with E-state index in [1.165, 1.54) is 12.1 Å². The van der Waals surface area contributed by atoms with Crippen molar-refractivity contribution in [3.8, 4) is 0 Å². The molecule has 0 unspecified atom stereocenters. The number of halogens is 4. The fourth-order valence-corrected chi connectivity index (χ4v) is 1.74. The number of rotatable bonds is 5. The predicted molar refractivity (Wildman–Crippen MR) is 68.0 cm³/mol. The zero-order valence-corrected chi connectivity index (χ0v) is 10.8. The molecule has 1 aromatic carbocycles. The second kappa shape index (κ2) is 6.77. The van der Waals surface area contributed by atoms with Gasteiger partial charge in [-0.1, -0.05) is 17.7 Å². The van der Waals surface area contributed by atoms with Crippen LogP contribution in [0.15, 0.2) is 18.2 Å². The Labute approximate surface area is 113 Å². The van der Waals surface area contributed by atoms with Crippen LogP contribution < -0.4 is 11.1 Å². The van der Waals surface area contributed by atoms with Crippen molar-refractivity contribution >= 4 is 23.2 Å². The first-order valence-electron chi connectivity index (χ1n) is 5.72. The van der Waals surface area contributed by atoms with Crippen LogP contribution in [0.1, 0.15) is 24.8 Å². The van der Waals surface area contributed by atoms with E-state index in [0.717, 1.165) is 6.07 Å². The van der Waals surface area contributed by atoms with E-state index in [1.54, 1.807) is 0 Å². The van der Waals surface area contributed by atoms with Crippen LogP contribution in [0.3, 0.4) is 0 Å². The van der Waals surface area contributed by atoms with Gasteiger partial charge in [0.1, 0.15) is 0 Å². The summed E-state index contributed by atoms with van der Waals surface area (Å²) in [4.78, 5) is 11.5. The highest BCUT2D eigenvalue weighted by atomic mass is 35.5. The lowest BCUT2D eigenvalue weighted by Gasteiger charge is -2.15. The van der Waals surface area contributed by atoms with Gasteiger partial charge < -0.3 is 11.1 Å². The summed E-state index contributed by atoms with van der Waals surface area (Å²) in [5, 5.41) is 2.08. The largest absolute Gasteiger partial charge is 0.418 e. The molecule has 0 radical (unpaired) electrons. The van der Waals surface area contributed by atoms with Crippen LogP contribution in [-0.4, -0.2) is 12.5 Å². The number of para-hydroxylation sites is 1. The Kier molecular flexibility index (Phi) is 5.62. The Morgan fingerprint density at radius 3 is 2.58 bits per heavy atom. The first-order chi connectivity index (χ1) is 8.86. The molecule has 0 fully saturated rings. The highest BCUT2D eigenvalue weighted by molar-refractivity contribution is 6.34. The molecule has 1 aromatic rings. The molecule has 1 amide bonds. The molecule has 1 rings (SSSR count). The number of anilines is 1. The van der Waals surface area contributed by atoms with Gasteiger partial charge >= 0.3 is 6.18 Å². The number of alkyl halides is 3. The van der Waals surface area contributed by atoms with E-state index in [-0.39, 0.29) is 11.4 Å². The van der Waals surface area contributed by atoms with E-state index in [2.05, 4.69) is 5.32 Å². The number of amides is 1. The maximum Gasteiger partial charge on any atom is 0.418 e. The summed E-state index contributed by atoms with van der Waals surface area (Å²) in [5.74, 6) is -0.507. The maximum atomic E-state index is 12.8. The first kappa shape index (κ1) is 15.8. The SMILES string of the molecule is NCCCCC(=O)Nc1c(Cl)cccc1C(F)(F)F. The minimum absolute atomic E-state index is 0.111. The van der Waals surface area contributed by atoms with Crippen molar-refractivity contribution < 1.29 is 18.0 Å². The summed E-state index contributed by atoms with van der Waals surface area (Å²) in [7, 11) is 0. The van der Waals surface area contributed by atoms with E-state index in [0.29, 0.717) is 19.4 Å². The zero-order valence-electron chi connectivity index (χ0n) is 10.1. The van der Waals surface area contributed by atoms with Crippen LogP contribution in [0.4, 0.5) is 18.9 Å². The van der Waals surface area contributed by atoms with Crippen molar-refractivity contribution in [1.82, 2.24) is 0 Å². The van der Waals surface area contributed by atoms with E-state index in [1.807, 2.05) is 0 Å². The fraction of sp³-hybridized carbons (Fsp3) is 0.417. The highest BCUT2D eigenvalue weighted by Crippen LogP contribution is 2.38. The van der Waals surface area contributed by atoms with Gasteiger partial charge in [0.05, 0.1) is 16.3 Å². The number of hydrogen-bond acceptors (Lipinski definition) is 2. The predicted octanol–water partition coefficient (Wildman–Crippen LogP) is 3.43. The molecule has 106 valence electrons. The van der Waals surface area contributed by atoms with Crippen molar-refractivity contribution in [1.29, 1.82) is 0 Å². The topological polar surface area (TPSA) is 55.1 Å². The molecule has 0 atom stereocenters. The van der Waals surface area contributed by atoms with Gasteiger partial charge in [0.25, 0.3) is 0 Å². The maximum absolute atomic E-state index is 12.8. The Balaban J connectivity index is 2.85. The number of carbonyl (C=O) groups is 1. The average molecular weight is 295 g/mol. The van der Waals surface area contributed by atoms with Gasteiger partial charge in [-0.25, -0.2) is 0 Å².